The molecule has 134 valence electrons. The highest BCUT2D eigenvalue weighted by Crippen LogP contribution is 2.46. The Kier molecular flexibility index (Phi) is 4.02. The fourth-order valence-electron chi connectivity index (χ4n) is 4.45. The van der Waals surface area contributed by atoms with Gasteiger partial charge in [-0.3, -0.25) is 9.59 Å². The molecule has 6 heteroatoms. The maximum Gasteiger partial charge on any atom is 0.259 e. The Morgan fingerprint density at radius 1 is 1.28 bits per heavy atom. The Morgan fingerprint density at radius 2 is 2.00 bits per heavy atom. The lowest BCUT2D eigenvalue weighted by atomic mass is 9.72. The summed E-state index contributed by atoms with van der Waals surface area (Å²) in [5, 5.41) is 0. The summed E-state index contributed by atoms with van der Waals surface area (Å²) in [4.78, 5) is 28.6. The van der Waals surface area contributed by atoms with E-state index in [-0.39, 0.29) is 23.5 Å². The van der Waals surface area contributed by atoms with Crippen molar-refractivity contribution in [3.05, 3.63) is 30.1 Å². The summed E-state index contributed by atoms with van der Waals surface area (Å²) in [6.07, 6.45) is 3.93. The van der Waals surface area contributed by atoms with Crippen LogP contribution in [0.1, 0.15) is 32.1 Å². The zero-order valence-electron chi connectivity index (χ0n) is 14.4. The average Bonchev–Trinajstić information content (AvgIpc) is 2.54. The van der Waals surface area contributed by atoms with Gasteiger partial charge >= 0.3 is 0 Å². The molecule has 1 unspecified atom stereocenters. The van der Waals surface area contributed by atoms with E-state index >= 15 is 0 Å². The van der Waals surface area contributed by atoms with Gasteiger partial charge in [-0.2, -0.15) is 0 Å². The van der Waals surface area contributed by atoms with Crippen molar-refractivity contribution in [3.8, 4) is 0 Å². The number of benzene rings is 1. The highest BCUT2D eigenvalue weighted by molar-refractivity contribution is 6.07. The minimum absolute atomic E-state index is 0.133. The van der Waals surface area contributed by atoms with E-state index in [0.717, 1.165) is 19.3 Å². The Labute approximate surface area is 146 Å². The van der Waals surface area contributed by atoms with Crippen molar-refractivity contribution in [1.29, 1.82) is 0 Å². The van der Waals surface area contributed by atoms with Gasteiger partial charge in [0.25, 0.3) is 5.91 Å². The molecule has 2 amide bonds. The van der Waals surface area contributed by atoms with E-state index in [0.29, 0.717) is 31.6 Å². The number of hydrogen-bond acceptors (Lipinski definition) is 3. The minimum atomic E-state index is -0.517. The van der Waals surface area contributed by atoms with Crippen molar-refractivity contribution >= 4 is 17.5 Å². The van der Waals surface area contributed by atoms with Gasteiger partial charge < -0.3 is 14.5 Å². The average molecular weight is 346 g/mol. The predicted octanol–water partition coefficient (Wildman–Crippen LogP) is 2.35. The number of anilines is 1. The molecule has 2 heterocycles. The monoisotopic (exact) mass is 346 g/mol. The smallest absolute Gasteiger partial charge is 0.259 e. The number of likely N-dealkylation sites (tertiary alicyclic amines) is 1. The topological polar surface area (TPSA) is 49.9 Å². The molecule has 3 fully saturated rings. The number of hydrogen-bond donors (Lipinski definition) is 0. The first-order valence-corrected chi connectivity index (χ1v) is 8.98. The van der Waals surface area contributed by atoms with E-state index in [1.54, 1.807) is 24.1 Å². The second-order valence-corrected chi connectivity index (χ2v) is 7.33. The molecule has 0 aromatic heterocycles. The Balaban J connectivity index is 1.54. The van der Waals surface area contributed by atoms with E-state index in [2.05, 4.69) is 0 Å². The summed E-state index contributed by atoms with van der Waals surface area (Å²) in [7, 11) is 1.54. The number of halogens is 1. The molecular formula is C19H23FN2O3. The molecule has 2 saturated heterocycles. The van der Waals surface area contributed by atoms with Crippen LogP contribution in [0, 0.1) is 11.7 Å². The Morgan fingerprint density at radius 3 is 2.56 bits per heavy atom. The molecule has 1 aliphatic carbocycles. The molecular weight excluding hydrogens is 323 g/mol. The van der Waals surface area contributed by atoms with Gasteiger partial charge in [0.05, 0.1) is 5.54 Å². The lowest BCUT2D eigenvalue weighted by Crippen LogP contribution is -2.78. The van der Waals surface area contributed by atoms with Crippen LogP contribution >= 0.6 is 0 Å². The first kappa shape index (κ1) is 16.5. The van der Waals surface area contributed by atoms with Crippen LogP contribution in [-0.2, 0) is 14.3 Å². The quantitative estimate of drug-likeness (QED) is 0.790. The van der Waals surface area contributed by atoms with Crippen molar-refractivity contribution in [1.82, 2.24) is 4.90 Å². The Hall–Kier alpha value is -1.95. The van der Waals surface area contributed by atoms with Crippen LogP contribution < -0.4 is 4.90 Å². The van der Waals surface area contributed by atoms with Crippen LogP contribution in [0.2, 0.25) is 0 Å². The summed E-state index contributed by atoms with van der Waals surface area (Å²) in [5.41, 5.74) is 0.0906. The largest absolute Gasteiger partial charge is 0.369 e. The molecule has 2 aliphatic heterocycles. The number of methoxy groups -OCH3 is 1. The number of rotatable bonds is 3. The van der Waals surface area contributed by atoms with Crippen LogP contribution in [0.4, 0.5) is 10.1 Å². The van der Waals surface area contributed by atoms with Gasteiger partial charge in [0, 0.05) is 31.8 Å². The molecule has 0 bridgehead atoms. The third kappa shape index (κ3) is 2.46. The highest BCUT2D eigenvalue weighted by atomic mass is 19.1. The first-order valence-electron chi connectivity index (χ1n) is 8.98. The number of amides is 2. The van der Waals surface area contributed by atoms with Crippen LogP contribution in [-0.4, -0.2) is 48.6 Å². The molecule has 3 aliphatic rings. The van der Waals surface area contributed by atoms with E-state index < -0.39 is 11.6 Å². The second kappa shape index (κ2) is 6.09. The number of β-lactam (4-membered cyclic amide) rings is 1. The normalized spacial score (nSPS) is 25.7. The van der Waals surface area contributed by atoms with Crippen molar-refractivity contribution < 1.29 is 18.7 Å². The van der Waals surface area contributed by atoms with Crippen LogP contribution in [0.3, 0.4) is 0 Å². The highest BCUT2D eigenvalue weighted by Gasteiger charge is 2.62. The van der Waals surface area contributed by atoms with Gasteiger partial charge in [-0.1, -0.05) is 12.5 Å². The van der Waals surface area contributed by atoms with E-state index in [1.165, 1.54) is 12.1 Å². The number of ether oxygens (including phenoxy) is 1. The summed E-state index contributed by atoms with van der Waals surface area (Å²) >= 11 is 0. The second-order valence-electron chi connectivity index (χ2n) is 7.33. The van der Waals surface area contributed by atoms with Crippen molar-refractivity contribution in [3.63, 3.8) is 0 Å². The van der Waals surface area contributed by atoms with E-state index in [9.17, 15) is 14.0 Å². The number of carbonyl (C=O) groups is 2. The lowest BCUT2D eigenvalue weighted by molar-refractivity contribution is -0.154. The van der Waals surface area contributed by atoms with Crippen molar-refractivity contribution in [2.24, 2.45) is 5.92 Å². The third-order valence-electron chi connectivity index (χ3n) is 6.08. The SMILES string of the molecule is COC1C(=O)N(c2cccc(F)c2)C12CCN(C(=O)C1CCC1)CC2. The van der Waals surface area contributed by atoms with Gasteiger partial charge in [0.2, 0.25) is 5.91 Å². The first-order chi connectivity index (χ1) is 12.1. The van der Waals surface area contributed by atoms with E-state index in [4.69, 9.17) is 4.74 Å². The molecule has 1 saturated carbocycles. The molecule has 1 aromatic carbocycles. The van der Waals surface area contributed by atoms with Crippen LogP contribution in [0.15, 0.2) is 24.3 Å². The summed E-state index contributed by atoms with van der Waals surface area (Å²) in [6, 6.07) is 6.12. The zero-order valence-corrected chi connectivity index (χ0v) is 14.4. The molecule has 1 spiro atoms. The molecule has 25 heavy (non-hydrogen) atoms. The molecule has 0 radical (unpaired) electrons. The summed E-state index contributed by atoms with van der Waals surface area (Å²) in [6.45, 7) is 1.24. The fourth-order valence-corrected chi connectivity index (χ4v) is 4.45. The number of nitrogens with zero attached hydrogens (tertiary/aromatic N) is 2. The van der Waals surface area contributed by atoms with Crippen LogP contribution in [0.5, 0.6) is 0 Å². The molecule has 1 aromatic rings. The van der Waals surface area contributed by atoms with E-state index in [1.807, 2.05) is 4.90 Å². The van der Waals surface area contributed by atoms with Gasteiger partial charge in [-0.15, -0.1) is 0 Å². The predicted molar refractivity (Wildman–Crippen MR) is 90.6 cm³/mol. The summed E-state index contributed by atoms with van der Waals surface area (Å²) < 4.78 is 19.1. The molecule has 5 nitrogen and oxygen atoms in total. The standard InChI is InChI=1S/C19H23FN2O3/c1-25-16-18(24)22(15-7-3-6-14(20)12-15)19(16)8-10-21(11-9-19)17(23)13-4-2-5-13/h3,6-7,12-13,16H,2,4-5,8-11H2,1H3. The molecule has 0 N–H and O–H groups in total. The minimum Gasteiger partial charge on any atom is -0.369 e. The maximum absolute atomic E-state index is 13.6. The third-order valence-corrected chi connectivity index (χ3v) is 6.08. The number of carbonyl (C=O) groups excluding carboxylic acids is 2. The zero-order chi connectivity index (χ0) is 17.6. The van der Waals surface area contributed by atoms with Gasteiger partial charge in [0.1, 0.15) is 5.82 Å². The van der Waals surface area contributed by atoms with Crippen LogP contribution in [0.25, 0.3) is 0 Å². The van der Waals surface area contributed by atoms with Gasteiger partial charge in [-0.25, -0.2) is 4.39 Å². The number of piperidine rings is 1. The van der Waals surface area contributed by atoms with Crippen molar-refractivity contribution in [2.75, 3.05) is 25.1 Å². The Bertz CT molecular complexity index is 696. The fraction of sp³-hybridized carbons (Fsp3) is 0.579. The van der Waals surface area contributed by atoms with Gasteiger partial charge in [0.15, 0.2) is 6.10 Å². The maximum atomic E-state index is 13.6. The molecule has 1 atom stereocenters. The summed E-state index contributed by atoms with van der Waals surface area (Å²) in [5.74, 6) is -0.0570. The lowest BCUT2D eigenvalue weighted by Gasteiger charge is -2.59. The molecule has 4 rings (SSSR count). The van der Waals surface area contributed by atoms with Gasteiger partial charge in [-0.05, 0) is 43.9 Å². The van der Waals surface area contributed by atoms with Crippen molar-refractivity contribution in [2.45, 2.75) is 43.7 Å².